The molecule has 11 heavy (non-hydrogen) atoms. The molecule has 6 heteroatoms. The fourth-order valence-corrected chi connectivity index (χ4v) is 0.883. The molecule has 1 aromatic rings. The Labute approximate surface area is 65.8 Å². The minimum Gasteiger partial charge on any atom is -0.474 e. The Morgan fingerprint density at radius 3 is 3.00 bits per heavy atom. The van der Waals surface area contributed by atoms with Crippen LogP contribution in [0.3, 0.4) is 0 Å². The van der Waals surface area contributed by atoms with E-state index in [0.717, 1.165) is 11.3 Å². The smallest absolute Gasteiger partial charge is 0.391 e. The van der Waals surface area contributed by atoms with Gasteiger partial charge >= 0.3 is 11.9 Å². The summed E-state index contributed by atoms with van der Waals surface area (Å²) in [5.41, 5.74) is 0. The molecule has 0 fully saturated rings. The van der Waals surface area contributed by atoms with Crippen molar-refractivity contribution in [2.24, 2.45) is 0 Å². The molecule has 1 rings (SSSR count). The maximum Gasteiger partial charge on any atom is 0.391 e. The Hall–Kier alpha value is -1.43. The Kier molecular flexibility index (Phi) is 2.17. The molecule has 0 aliphatic heterocycles. The van der Waals surface area contributed by atoms with Gasteiger partial charge in [0.15, 0.2) is 0 Å². The van der Waals surface area contributed by atoms with E-state index in [1.165, 1.54) is 6.20 Å². The van der Waals surface area contributed by atoms with E-state index >= 15 is 0 Å². The highest BCUT2D eigenvalue weighted by molar-refractivity contribution is 7.11. The summed E-state index contributed by atoms with van der Waals surface area (Å²) in [6.07, 6.45) is 1.47. The molecule has 0 aromatic carbocycles. The predicted molar refractivity (Wildman–Crippen MR) is 38.1 cm³/mol. The van der Waals surface area contributed by atoms with E-state index in [1.807, 2.05) is 0 Å². The Morgan fingerprint density at radius 1 is 1.82 bits per heavy atom. The molecule has 0 radical (unpaired) electrons. The van der Waals surface area contributed by atoms with Gasteiger partial charge in [-0.3, -0.25) is 5.41 Å². The molecule has 0 bridgehead atoms. The lowest BCUT2D eigenvalue weighted by atomic mass is 10.7. The maximum absolute atomic E-state index is 10.1. The lowest BCUT2D eigenvalue weighted by molar-refractivity contribution is -0.130. The first-order valence-electron chi connectivity index (χ1n) is 2.59. The first kappa shape index (κ1) is 7.67. The van der Waals surface area contributed by atoms with Gasteiger partial charge in [-0.25, -0.2) is 9.78 Å². The molecule has 0 atom stereocenters. The fraction of sp³-hybridized carbons (Fsp3) is 0. The van der Waals surface area contributed by atoms with Crippen LogP contribution in [0.2, 0.25) is 0 Å². The summed E-state index contributed by atoms with van der Waals surface area (Å²) >= 11 is 1.13. The molecule has 1 aromatic heterocycles. The Bertz CT molecular complexity index is 269. The van der Waals surface area contributed by atoms with Gasteiger partial charge in [0.2, 0.25) is 0 Å². The van der Waals surface area contributed by atoms with Crippen molar-refractivity contribution in [1.82, 2.24) is 4.98 Å². The van der Waals surface area contributed by atoms with Gasteiger partial charge < -0.3 is 9.84 Å². The van der Waals surface area contributed by atoms with Crippen LogP contribution in [-0.4, -0.2) is 22.0 Å². The number of hydrogen-bond acceptors (Lipinski definition) is 5. The van der Waals surface area contributed by atoms with E-state index < -0.39 is 11.9 Å². The van der Waals surface area contributed by atoms with Gasteiger partial charge in [-0.05, 0) is 0 Å². The average Bonchev–Trinajstić information content (AvgIpc) is 2.39. The molecular formula is C5H4N2O3S. The van der Waals surface area contributed by atoms with Crippen LogP contribution < -0.4 is 4.74 Å². The van der Waals surface area contributed by atoms with Crippen LogP contribution in [-0.2, 0) is 4.79 Å². The number of carboxylic acids is 1. The van der Waals surface area contributed by atoms with Gasteiger partial charge in [-0.15, -0.1) is 0 Å². The average molecular weight is 172 g/mol. The lowest BCUT2D eigenvalue weighted by Crippen LogP contribution is -2.18. The third-order valence-electron chi connectivity index (χ3n) is 0.793. The van der Waals surface area contributed by atoms with Crippen molar-refractivity contribution in [2.75, 3.05) is 0 Å². The van der Waals surface area contributed by atoms with E-state index in [0.29, 0.717) is 0 Å². The first-order chi connectivity index (χ1) is 5.20. The maximum atomic E-state index is 10.1. The SMILES string of the molecule is N=C(Oc1nccs1)C(=O)O. The van der Waals surface area contributed by atoms with Gasteiger partial charge in [0, 0.05) is 11.6 Å². The second kappa shape index (κ2) is 3.11. The van der Waals surface area contributed by atoms with Gasteiger partial charge in [-0.1, -0.05) is 11.3 Å². The summed E-state index contributed by atoms with van der Waals surface area (Å²) in [5, 5.41) is 16.8. The molecule has 0 aliphatic carbocycles. The molecule has 2 N–H and O–H groups in total. The molecule has 0 spiro atoms. The minimum absolute atomic E-state index is 0.164. The van der Waals surface area contributed by atoms with Gasteiger partial charge in [0.25, 0.3) is 5.19 Å². The summed E-state index contributed by atoms with van der Waals surface area (Å²) in [7, 11) is 0. The van der Waals surface area contributed by atoms with Crippen molar-refractivity contribution in [1.29, 1.82) is 5.41 Å². The second-order valence-corrected chi connectivity index (χ2v) is 2.39. The Morgan fingerprint density at radius 2 is 2.55 bits per heavy atom. The number of nitrogens with zero attached hydrogens (tertiary/aromatic N) is 1. The molecule has 5 nitrogen and oxygen atoms in total. The van der Waals surface area contributed by atoms with Crippen LogP contribution in [0, 0.1) is 5.41 Å². The summed E-state index contributed by atoms with van der Waals surface area (Å²) in [4.78, 5) is 13.7. The van der Waals surface area contributed by atoms with Gasteiger partial charge in [0.05, 0.1) is 0 Å². The number of aromatic nitrogens is 1. The number of carboxylic acid groups (broad SMARTS) is 1. The van der Waals surface area contributed by atoms with Crippen LogP contribution in [0.25, 0.3) is 0 Å². The summed E-state index contributed by atoms with van der Waals surface area (Å²) in [6.45, 7) is 0. The van der Waals surface area contributed by atoms with E-state index in [1.54, 1.807) is 5.38 Å². The fourth-order valence-electron chi connectivity index (χ4n) is 0.392. The van der Waals surface area contributed by atoms with Crippen molar-refractivity contribution >= 4 is 23.2 Å². The molecule has 0 unspecified atom stereocenters. The molecule has 0 saturated heterocycles. The van der Waals surface area contributed by atoms with Crippen LogP contribution in [0.1, 0.15) is 0 Å². The summed E-state index contributed by atoms with van der Waals surface area (Å²) in [5.74, 6) is -2.22. The standard InChI is InChI=1S/C5H4N2O3S/c6-3(4(8)9)10-5-7-1-2-11-5/h1-2,6H,(H,8,9). The van der Waals surface area contributed by atoms with Crippen molar-refractivity contribution in [3.8, 4) is 5.19 Å². The van der Waals surface area contributed by atoms with Crippen LogP contribution in [0.5, 0.6) is 5.19 Å². The largest absolute Gasteiger partial charge is 0.474 e. The summed E-state index contributed by atoms with van der Waals surface area (Å²) < 4.78 is 4.51. The highest BCUT2D eigenvalue weighted by Crippen LogP contribution is 2.13. The molecule has 0 amide bonds. The van der Waals surface area contributed by atoms with E-state index in [9.17, 15) is 4.79 Å². The first-order valence-corrected chi connectivity index (χ1v) is 3.47. The highest BCUT2D eigenvalue weighted by atomic mass is 32.1. The van der Waals surface area contributed by atoms with E-state index in [4.69, 9.17) is 10.5 Å². The molecule has 0 aliphatic rings. The normalized spacial score (nSPS) is 9.09. The zero-order valence-electron chi connectivity index (χ0n) is 5.27. The zero-order valence-corrected chi connectivity index (χ0v) is 6.09. The number of rotatable bonds is 1. The van der Waals surface area contributed by atoms with Crippen LogP contribution in [0.15, 0.2) is 11.6 Å². The number of ether oxygens (including phenoxy) is 1. The van der Waals surface area contributed by atoms with Crippen LogP contribution in [0.4, 0.5) is 0 Å². The quantitative estimate of drug-likeness (QED) is 0.479. The second-order valence-electron chi connectivity index (χ2n) is 1.53. The van der Waals surface area contributed by atoms with Crippen molar-refractivity contribution in [2.45, 2.75) is 0 Å². The van der Waals surface area contributed by atoms with Crippen molar-refractivity contribution in [3.63, 3.8) is 0 Å². The number of carbonyl (C=O) groups is 1. The third-order valence-corrected chi connectivity index (χ3v) is 1.44. The van der Waals surface area contributed by atoms with Crippen LogP contribution >= 0.6 is 11.3 Å². The molecule has 58 valence electrons. The highest BCUT2D eigenvalue weighted by Gasteiger charge is 2.09. The lowest BCUT2D eigenvalue weighted by Gasteiger charge is -1.95. The topological polar surface area (TPSA) is 83.3 Å². The minimum atomic E-state index is -1.40. The van der Waals surface area contributed by atoms with Crippen molar-refractivity contribution < 1.29 is 14.6 Å². The number of hydrogen-bond donors (Lipinski definition) is 2. The van der Waals surface area contributed by atoms with Crippen molar-refractivity contribution in [3.05, 3.63) is 11.6 Å². The predicted octanol–water partition coefficient (Wildman–Crippen LogP) is 0.584. The number of aliphatic carboxylic acids is 1. The summed E-state index contributed by atoms with van der Waals surface area (Å²) in [6, 6.07) is 0. The Balaban J connectivity index is 2.57. The zero-order chi connectivity index (χ0) is 8.27. The van der Waals surface area contributed by atoms with Gasteiger partial charge in [0.1, 0.15) is 0 Å². The van der Waals surface area contributed by atoms with E-state index in [2.05, 4.69) is 9.72 Å². The van der Waals surface area contributed by atoms with E-state index in [-0.39, 0.29) is 5.19 Å². The number of nitrogens with one attached hydrogen (secondary N) is 1. The monoisotopic (exact) mass is 172 g/mol. The molecule has 0 saturated carbocycles. The molecular weight excluding hydrogens is 168 g/mol. The third kappa shape index (κ3) is 2.01. The molecule has 1 heterocycles. The number of thiazole rings is 1. The van der Waals surface area contributed by atoms with Gasteiger partial charge in [-0.2, -0.15) is 0 Å².